The summed E-state index contributed by atoms with van der Waals surface area (Å²) in [5.74, 6) is -2.76. The van der Waals surface area contributed by atoms with Gasteiger partial charge in [-0.05, 0) is 42.7 Å². The molecule has 1 aromatic carbocycles. The Balaban J connectivity index is 0.000000298. The van der Waals surface area contributed by atoms with Gasteiger partial charge in [-0.2, -0.15) is 18.3 Å². The number of hydrogen-bond acceptors (Lipinski definition) is 3. The molecule has 3 aromatic heterocycles. The quantitative estimate of drug-likeness (QED) is 0.511. The second-order valence-corrected chi connectivity index (χ2v) is 6.32. The molecule has 0 saturated carbocycles. The van der Waals surface area contributed by atoms with Gasteiger partial charge in [0.25, 0.3) is 0 Å². The molecule has 0 atom stereocenters. The van der Waals surface area contributed by atoms with E-state index in [0.717, 1.165) is 27.8 Å². The number of nitrogens with zero attached hydrogens (tertiary/aromatic N) is 3. The predicted octanol–water partition coefficient (Wildman–Crippen LogP) is 4.67. The lowest BCUT2D eigenvalue weighted by Crippen LogP contribution is -2.21. The van der Waals surface area contributed by atoms with Crippen LogP contribution in [-0.2, 0) is 4.79 Å². The van der Waals surface area contributed by atoms with Crippen molar-refractivity contribution in [3.8, 4) is 16.8 Å². The number of aliphatic carboxylic acids is 1. The number of carbonyl (C=O) groups is 1. The van der Waals surface area contributed by atoms with Crippen LogP contribution in [0, 0.1) is 13.8 Å². The topological polar surface area (TPSA) is 83.8 Å². The number of aromatic amines is 1. The van der Waals surface area contributed by atoms with Crippen LogP contribution in [0.15, 0.2) is 55.1 Å². The molecule has 150 valence electrons. The molecule has 0 bridgehead atoms. The third-order valence-electron chi connectivity index (χ3n) is 4.26. The molecule has 0 unspecified atom stereocenters. The Morgan fingerprint density at radius 3 is 2.41 bits per heavy atom. The lowest BCUT2D eigenvalue weighted by atomic mass is 10.1. The summed E-state index contributed by atoms with van der Waals surface area (Å²) in [7, 11) is 0. The van der Waals surface area contributed by atoms with E-state index in [2.05, 4.69) is 53.3 Å². The molecule has 0 aliphatic carbocycles. The lowest BCUT2D eigenvalue weighted by Gasteiger charge is -2.09. The van der Waals surface area contributed by atoms with Gasteiger partial charge < -0.3 is 10.1 Å². The maximum Gasteiger partial charge on any atom is 0.490 e. The number of fused-ring (bicyclic) bond motifs is 1. The summed E-state index contributed by atoms with van der Waals surface area (Å²) >= 11 is 0. The first kappa shape index (κ1) is 20.1. The Kier molecular flexibility index (Phi) is 5.40. The van der Waals surface area contributed by atoms with Gasteiger partial charge in [0, 0.05) is 29.5 Å². The molecule has 6 nitrogen and oxygen atoms in total. The molecule has 9 heteroatoms. The van der Waals surface area contributed by atoms with Crippen LogP contribution in [0.1, 0.15) is 11.1 Å². The Morgan fingerprint density at radius 1 is 1.14 bits per heavy atom. The first-order chi connectivity index (χ1) is 13.7. The number of hydrogen-bond donors (Lipinski definition) is 2. The van der Waals surface area contributed by atoms with Crippen LogP contribution in [-0.4, -0.2) is 37.0 Å². The summed E-state index contributed by atoms with van der Waals surface area (Å²) in [6, 6.07) is 10.4. The number of para-hydroxylation sites is 1. The second kappa shape index (κ2) is 7.78. The molecule has 3 heterocycles. The van der Waals surface area contributed by atoms with Crippen LogP contribution in [0.3, 0.4) is 0 Å². The second-order valence-electron chi connectivity index (χ2n) is 6.32. The Hall–Kier alpha value is -3.62. The zero-order valence-electron chi connectivity index (χ0n) is 15.5. The van der Waals surface area contributed by atoms with E-state index in [1.54, 1.807) is 0 Å². The van der Waals surface area contributed by atoms with Gasteiger partial charge in [0.2, 0.25) is 0 Å². The molecule has 0 saturated heterocycles. The summed E-state index contributed by atoms with van der Waals surface area (Å²) in [6.07, 6.45) is 2.65. The minimum Gasteiger partial charge on any atom is -0.475 e. The normalized spacial score (nSPS) is 11.2. The van der Waals surface area contributed by atoms with Crippen molar-refractivity contribution >= 4 is 17.0 Å². The molecule has 0 aliphatic rings. The predicted molar refractivity (Wildman–Crippen MR) is 102 cm³/mol. The summed E-state index contributed by atoms with van der Waals surface area (Å²) in [5, 5.41) is 12.8. The molecular weight excluding hydrogens is 385 g/mol. The first-order valence-electron chi connectivity index (χ1n) is 8.52. The number of pyridine rings is 1. The highest BCUT2D eigenvalue weighted by atomic mass is 19.4. The number of nitrogens with one attached hydrogen (secondary N) is 1. The van der Waals surface area contributed by atoms with Crippen LogP contribution in [0.2, 0.25) is 0 Å². The van der Waals surface area contributed by atoms with E-state index in [0.29, 0.717) is 0 Å². The van der Waals surface area contributed by atoms with Gasteiger partial charge in [-0.25, -0.2) is 14.5 Å². The number of carboxylic acid groups (broad SMARTS) is 1. The molecule has 4 aromatic rings. The van der Waals surface area contributed by atoms with Crippen molar-refractivity contribution in [1.82, 2.24) is 19.7 Å². The Labute approximate surface area is 163 Å². The average molecular weight is 402 g/mol. The minimum atomic E-state index is -5.08. The van der Waals surface area contributed by atoms with E-state index in [1.165, 1.54) is 11.1 Å². The van der Waals surface area contributed by atoms with Gasteiger partial charge in [0.15, 0.2) is 0 Å². The van der Waals surface area contributed by atoms with E-state index in [9.17, 15) is 13.2 Å². The van der Waals surface area contributed by atoms with E-state index < -0.39 is 12.1 Å². The number of aromatic nitrogens is 4. The third-order valence-corrected chi connectivity index (χ3v) is 4.26. The SMILES string of the molecule is Cc1cccc(C)c1-n1cc(-c2ccnc3[nH]ccc23)cn1.O=C(O)C(F)(F)F. The van der Waals surface area contributed by atoms with Gasteiger partial charge >= 0.3 is 12.1 Å². The highest BCUT2D eigenvalue weighted by Crippen LogP contribution is 2.28. The number of aryl methyl sites for hydroxylation is 2. The van der Waals surface area contributed by atoms with Crippen molar-refractivity contribution in [2.75, 3.05) is 0 Å². The van der Waals surface area contributed by atoms with Crippen LogP contribution in [0.4, 0.5) is 13.2 Å². The lowest BCUT2D eigenvalue weighted by molar-refractivity contribution is -0.192. The monoisotopic (exact) mass is 402 g/mol. The largest absolute Gasteiger partial charge is 0.490 e. The van der Waals surface area contributed by atoms with Crippen molar-refractivity contribution in [2.24, 2.45) is 0 Å². The van der Waals surface area contributed by atoms with E-state index in [4.69, 9.17) is 9.90 Å². The van der Waals surface area contributed by atoms with Crippen molar-refractivity contribution in [1.29, 1.82) is 0 Å². The Morgan fingerprint density at radius 2 is 1.79 bits per heavy atom. The fourth-order valence-electron chi connectivity index (χ4n) is 2.96. The highest BCUT2D eigenvalue weighted by molar-refractivity contribution is 5.92. The van der Waals surface area contributed by atoms with Crippen molar-refractivity contribution in [3.05, 3.63) is 66.2 Å². The maximum absolute atomic E-state index is 10.6. The summed E-state index contributed by atoms with van der Waals surface area (Å²) in [4.78, 5) is 16.4. The zero-order chi connectivity index (χ0) is 21.2. The molecule has 0 fully saturated rings. The van der Waals surface area contributed by atoms with E-state index in [1.807, 2.05) is 35.4 Å². The van der Waals surface area contributed by atoms with Gasteiger partial charge in [0.05, 0.1) is 11.9 Å². The number of benzene rings is 1. The smallest absolute Gasteiger partial charge is 0.475 e. The maximum atomic E-state index is 10.6. The van der Waals surface area contributed by atoms with Crippen LogP contribution < -0.4 is 0 Å². The van der Waals surface area contributed by atoms with Crippen LogP contribution >= 0.6 is 0 Å². The highest BCUT2D eigenvalue weighted by Gasteiger charge is 2.38. The van der Waals surface area contributed by atoms with Crippen molar-refractivity contribution in [3.63, 3.8) is 0 Å². The number of halogens is 3. The van der Waals surface area contributed by atoms with E-state index in [-0.39, 0.29) is 0 Å². The number of carboxylic acids is 1. The van der Waals surface area contributed by atoms with Crippen molar-refractivity contribution < 1.29 is 23.1 Å². The molecular formula is C20H17F3N4O2. The van der Waals surface area contributed by atoms with Crippen LogP contribution in [0.5, 0.6) is 0 Å². The standard InChI is InChI=1S/C18H16N4.C2HF3O2/c1-12-4-3-5-13(2)17(12)22-11-14(10-21-22)15-6-8-19-18-16(15)7-9-20-18;3-2(4,5)1(6)7/h3-11H,1-2H3,(H,19,20);(H,6,7). The minimum absolute atomic E-state index is 0.900. The number of alkyl halides is 3. The van der Waals surface area contributed by atoms with Gasteiger partial charge in [0.1, 0.15) is 5.65 Å². The number of rotatable bonds is 2. The van der Waals surface area contributed by atoms with Gasteiger partial charge in [-0.15, -0.1) is 0 Å². The molecule has 29 heavy (non-hydrogen) atoms. The fourth-order valence-corrected chi connectivity index (χ4v) is 2.96. The van der Waals surface area contributed by atoms with Gasteiger partial charge in [-0.3, -0.25) is 0 Å². The third kappa shape index (κ3) is 4.29. The molecule has 0 aliphatic heterocycles. The zero-order valence-corrected chi connectivity index (χ0v) is 15.5. The average Bonchev–Trinajstić information content (AvgIpc) is 3.30. The summed E-state index contributed by atoms with van der Waals surface area (Å²) in [6.45, 7) is 4.22. The van der Waals surface area contributed by atoms with Crippen LogP contribution in [0.25, 0.3) is 27.8 Å². The fraction of sp³-hybridized carbons (Fsp3) is 0.150. The number of H-pyrrole nitrogens is 1. The molecule has 2 N–H and O–H groups in total. The molecule has 0 amide bonds. The first-order valence-corrected chi connectivity index (χ1v) is 8.52. The van der Waals surface area contributed by atoms with E-state index >= 15 is 0 Å². The summed E-state index contributed by atoms with van der Waals surface area (Å²) in [5.41, 5.74) is 6.72. The molecule has 0 spiro atoms. The van der Waals surface area contributed by atoms with Crippen molar-refractivity contribution in [2.45, 2.75) is 20.0 Å². The Bertz CT molecular complexity index is 1140. The summed E-state index contributed by atoms with van der Waals surface area (Å²) < 4.78 is 33.7. The van der Waals surface area contributed by atoms with Gasteiger partial charge in [-0.1, -0.05) is 18.2 Å². The molecule has 4 rings (SSSR count). The molecule has 0 radical (unpaired) electrons.